The minimum Gasteiger partial charge on any atom is -0.314 e. The Kier molecular flexibility index (Phi) is 3.41. The van der Waals surface area contributed by atoms with Crippen LogP contribution in [0, 0.1) is 0 Å². The molecule has 2 aromatic rings. The second kappa shape index (κ2) is 5.34. The second-order valence-corrected chi connectivity index (χ2v) is 6.48. The highest BCUT2D eigenvalue weighted by atomic mass is 35.5. The van der Waals surface area contributed by atoms with Gasteiger partial charge in [0.05, 0.1) is 12.2 Å². The summed E-state index contributed by atoms with van der Waals surface area (Å²) >= 11 is 6.30. The van der Waals surface area contributed by atoms with Crippen molar-refractivity contribution < 1.29 is 4.79 Å². The van der Waals surface area contributed by atoms with Crippen LogP contribution in [0.25, 0.3) is 0 Å². The maximum Gasteiger partial charge on any atom is 0.240 e. The predicted molar refractivity (Wildman–Crippen MR) is 91.7 cm³/mol. The van der Waals surface area contributed by atoms with Crippen molar-refractivity contribution in [3.63, 3.8) is 0 Å². The molecule has 1 unspecified atom stereocenters. The largest absolute Gasteiger partial charge is 0.314 e. The first-order valence-corrected chi connectivity index (χ1v) is 8.13. The molecule has 1 fully saturated rings. The maximum atomic E-state index is 12.6. The van der Waals surface area contributed by atoms with E-state index in [1.54, 1.807) is 4.90 Å². The van der Waals surface area contributed by atoms with Gasteiger partial charge in [-0.25, -0.2) is 0 Å². The van der Waals surface area contributed by atoms with Crippen LogP contribution in [0.15, 0.2) is 48.5 Å². The first kappa shape index (κ1) is 14.7. The summed E-state index contributed by atoms with van der Waals surface area (Å²) in [4.78, 5) is 16.5. The molecule has 0 aromatic heterocycles. The summed E-state index contributed by atoms with van der Waals surface area (Å²) in [6.07, 6.45) is 0. The van der Waals surface area contributed by atoms with Crippen molar-refractivity contribution >= 4 is 23.2 Å². The van der Waals surface area contributed by atoms with Gasteiger partial charge in [0.1, 0.15) is 5.66 Å². The van der Waals surface area contributed by atoms with Gasteiger partial charge < -0.3 is 4.90 Å². The average molecular weight is 328 g/mol. The second-order valence-electron chi connectivity index (χ2n) is 6.04. The van der Waals surface area contributed by atoms with Crippen LogP contribution in [-0.2, 0) is 10.5 Å². The Labute approximate surface area is 140 Å². The first-order valence-electron chi connectivity index (χ1n) is 7.75. The molecule has 0 saturated carbocycles. The fraction of sp³-hybridized carbons (Fsp3) is 0.278. The molecule has 2 heterocycles. The third kappa shape index (κ3) is 2.10. The van der Waals surface area contributed by atoms with Gasteiger partial charge in [0.15, 0.2) is 0 Å². The topological polar surface area (TPSA) is 35.6 Å². The molecule has 0 bridgehead atoms. The molecule has 2 aliphatic rings. The fourth-order valence-corrected chi connectivity index (χ4v) is 3.90. The molecule has 0 aliphatic carbocycles. The number of halogens is 1. The predicted octanol–water partition coefficient (Wildman–Crippen LogP) is 2.42. The van der Waals surface area contributed by atoms with E-state index in [0.717, 1.165) is 29.9 Å². The molecule has 4 nitrogen and oxygen atoms in total. The van der Waals surface area contributed by atoms with Crippen LogP contribution in [0.1, 0.15) is 11.1 Å². The van der Waals surface area contributed by atoms with Crippen LogP contribution in [0.4, 0.5) is 5.69 Å². The summed E-state index contributed by atoms with van der Waals surface area (Å²) in [6.45, 7) is 2.03. The van der Waals surface area contributed by atoms with E-state index in [4.69, 9.17) is 11.6 Å². The highest BCUT2D eigenvalue weighted by molar-refractivity contribution is 6.30. The van der Waals surface area contributed by atoms with E-state index >= 15 is 0 Å². The van der Waals surface area contributed by atoms with Crippen molar-refractivity contribution in [2.45, 2.75) is 5.66 Å². The Bertz CT molecular complexity index is 764. The Morgan fingerprint density at radius 1 is 1.17 bits per heavy atom. The van der Waals surface area contributed by atoms with Crippen LogP contribution in [0.2, 0.25) is 5.02 Å². The van der Waals surface area contributed by atoms with Crippen molar-refractivity contribution in [1.82, 2.24) is 10.2 Å². The molecule has 2 aliphatic heterocycles. The van der Waals surface area contributed by atoms with Crippen LogP contribution >= 0.6 is 11.6 Å². The lowest BCUT2D eigenvalue weighted by Crippen LogP contribution is -2.50. The van der Waals surface area contributed by atoms with Gasteiger partial charge in [-0.3, -0.25) is 15.0 Å². The number of amides is 1. The van der Waals surface area contributed by atoms with Gasteiger partial charge in [-0.1, -0.05) is 41.9 Å². The van der Waals surface area contributed by atoms with Gasteiger partial charge >= 0.3 is 0 Å². The van der Waals surface area contributed by atoms with Gasteiger partial charge in [0.2, 0.25) is 5.91 Å². The zero-order chi connectivity index (χ0) is 16.0. The summed E-state index contributed by atoms with van der Waals surface area (Å²) in [5.74, 6) is 0.0927. The lowest BCUT2D eigenvalue weighted by atomic mass is 9.89. The summed E-state index contributed by atoms with van der Waals surface area (Å²) < 4.78 is 0. The van der Waals surface area contributed by atoms with E-state index < -0.39 is 5.66 Å². The Morgan fingerprint density at radius 2 is 1.96 bits per heavy atom. The number of carbonyl (C=O) groups is 1. The van der Waals surface area contributed by atoms with Crippen LogP contribution in [-0.4, -0.2) is 37.5 Å². The van der Waals surface area contributed by atoms with E-state index in [2.05, 4.69) is 22.3 Å². The number of anilines is 1. The summed E-state index contributed by atoms with van der Waals surface area (Å²) in [5, 5.41) is 4.32. The van der Waals surface area contributed by atoms with Crippen LogP contribution < -0.4 is 10.2 Å². The van der Waals surface area contributed by atoms with Crippen molar-refractivity contribution in [2.75, 3.05) is 31.6 Å². The highest BCUT2D eigenvalue weighted by Crippen LogP contribution is 2.43. The molecular formula is C18H18ClN3O. The molecule has 1 amide bonds. The zero-order valence-corrected chi connectivity index (χ0v) is 13.7. The molecule has 1 saturated heterocycles. The molecule has 0 spiro atoms. The molecular weight excluding hydrogens is 310 g/mol. The number of benzene rings is 2. The summed E-state index contributed by atoms with van der Waals surface area (Å²) in [5.41, 5.74) is 2.55. The Morgan fingerprint density at radius 3 is 2.74 bits per heavy atom. The number of nitrogens with one attached hydrogen (secondary N) is 1. The van der Waals surface area contributed by atoms with Crippen molar-refractivity contribution in [3.05, 3.63) is 64.7 Å². The van der Waals surface area contributed by atoms with E-state index in [-0.39, 0.29) is 5.91 Å². The summed E-state index contributed by atoms with van der Waals surface area (Å²) in [7, 11) is 1.83. The minimum absolute atomic E-state index is 0.0927. The highest BCUT2D eigenvalue weighted by Gasteiger charge is 2.48. The molecule has 5 heteroatoms. The number of hydrogen-bond acceptors (Lipinski definition) is 3. The van der Waals surface area contributed by atoms with Crippen molar-refractivity contribution in [2.24, 2.45) is 0 Å². The quantitative estimate of drug-likeness (QED) is 0.874. The van der Waals surface area contributed by atoms with E-state index in [9.17, 15) is 4.79 Å². The molecule has 1 atom stereocenters. The van der Waals surface area contributed by atoms with E-state index in [1.807, 2.05) is 43.4 Å². The van der Waals surface area contributed by atoms with Gasteiger partial charge in [0, 0.05) is 30.7 Å². The first-order chi connectivity index (χ1) is 11.1. The Hall–Kier alpha value is -1.88. The number of rotatable bonds is 1. The molecule has 0 radical (unpaired) electrons. The van der Waals surface area contributed by atoms with Crippen molar-refractivity contribution in [3.8, 4) is 0 Å². The van der Waals surface area contributed by atoms with E-state index in [0.29, 0.717) is 11.6 Å². The smallest absolute Gasteiger partial charge is 0.240 e. The molecule has 2 aromatic carbocycles. The number of carbonyl (C=O) groups excluding carboxylic acids is 1. The number of nitrogens with zero attached hydrogens (tertiary/aromatic N) is 2. The molecule has 118 valence electrons. The lowest BCUT2D eigenvalue weighted by Gasteiger charge is -2.38. The summed E-state index contributed by atoms with van der Waals surface area (Å²) in [6, 6.07) is 16.0. The van der Waals surface area contributed by atoms with Crippen LogP contribution in [0.3, 0.4) is 0 Å². The monoisotopic (exact) mass is 327 g/mol. The number of hydrogen-bond donors (Lipinski definition) is 1. The van der Waals surface area contributed by atoms with E-state index in [1.165, 1.54) is 0 Å². The minimum atomic E-state index is -0.512. The number of fused-ring (bicyclic) bond motifs is 3. The van der Waals surface area contributed by atoms with Gasteiger partial charge in [-0.15, -0.1) is 0 Å². The number of likely N-dealkylation sites (N-methyl/N-ethyl adjacent to an activating group) is 1. The molecule has 23 heavy (non-hydrogen) atoms. The SMILES string of the molecule is CN1C(=O)CN2CCNC2(c2ccccc2)c2cc(Cl)ccc21. The van der Waals surface area contributed by atoms with Gasteiger partial charge in [-0.2, -0.15) is 0 Å². The van der Waals surface area contributed by atoms with Gasteiger partial charge in [-0.05, 0) is 23.8 Å². The molecule has 4 rings (SSSR count). The zero-order valence-electron chi connectivity index (χ0n) is 12.9. The lowest BCUT2D eigenvalue weighted by molar-refractivity contribution is -0.119. The van der Waals surface area contributed by atoms with Gasteiger partial charge in [0.25, 0.3) is 0 Å². The van der Waals surface area contributed by atoms with Crippen LogP contribution in [0.5, 0.6) is 0 Å². The standard InChI is InChI=1S/C18H18ClN3O/c1-21-16-8-7-14(19)11-15(16)18(13-5-3-2-4-6-13)20-9-10-22(18)12-17(21)23/h2-8,11,20H,9-10,12H2,1H3. The normalized spacial score (nSPS) is 24.3. The van der Waals surface area contributed by atoms with Crippen molar-refractivity contribution in [1.29, 1.82) is 0 Å². The maximum absolute atomic E-state index is 12.6. The Balaban J connectivity index is 2.04. The third-order valence-electron chi connectivity index (χ3n) is 4.84. The third-order valence-corrected chi connectivity index (χ3v) is 5.07. The molecule has 1 N–H and O–H groups in total. The average Bonchev–Trinajstić information content (AvgIpc) is 2.96. The fourth-order valence-electron chi connectivity index (χ4n) is 3.73.